The van der Waals surface area contributed by atoms with Gasteiger partial charge < -0.3 is 14.3 Å². The monoisotopic (exact) mass is 330 g/mol. The van der Waals surface area contributed by atoms with Crippen molar-refractivity contribution in [2.75, 3.05) is 0 Å². The van der Waals surface area contributed by atoms with Crippen LogP contribution < -0.4 is 5.32 Å². The van der Waals surface area contributed by atoms with Gasteiger partial charge in [0, 0.05) is 30.2 Å². The summed E-state index contributed by atoms with van der Waals surface area (Å²) in [7, 11) is 0. The van der Waals surface area contributed by atoms with Crippen molar-refractivity contribution in [2.24, 2.45) is 0 Å². The second-order valence-electron chi connectivity index (χ2n) is 6.41. The molecule has 0 aliphatic heterocycles. The summed E-state index contributed by atoms with van der Waals surface area (Å²) in [6.07, 6.45) is 3.98. The lowest BCUT2D eigenvalue weighted by Crippen LogP contribution is -2.11. The van der Waals surface area contributed by atoms with E-state index in [2.05, 4.69) is 71.5 Å². The summed E-state index contributed by atoms with van der Waals surface area (Å²) in [5, 5.41) is 4.79. The third kappa shape index (κ3) is 3.37. The van der Waals surface area contributed by atoms with Crippen molar-refractivity contribution in [3.63, 3.8) is 0 Å². The van der Waals surface area contributed by atoms with Crippen LogP contribution in [0.3, 0.4) is 0 Å². The summed E-state index contributed by atoms with van der Waals surface area (Å²) in [5.74, 6) is 0.962. The summed E-state index contributed by atoms with van der Waals surface area (Å²) in [6, 6.07) is 21.1. The van der Waals surface area contributed by atoms with Crippen molar-refractivity contribution >= 4 is 10.9 Å². The van der Waals surface area contributed by atoms with Gasteiger partial charge in [-0.3, -0.25) is 0 Å². The van der Waals surface area contributed by atoms with E-state index in [0.717, 1.165) is 25.4 Å². The fraction of sp³-hybridized carbons (Fsp3) is 0.182. The number of rotatable bonds is 6. The zero-order valence-corrected chi connectivity index (χ0v) is 14.4. The van der Waals surface area contributed by atoms with Gasteiger partial charge in [0.25, 0.3) is 0 Å². The molecular formula is C22H22N2O. The molecule has 0 radical (unpaired) electrons. The number of benzene rings is 2. The highest BCUT2D eigenvalue weighted by atomic mass is 16.3. The quantitative estimate of drug-likeness (QED) is 0.546. The van der Waals surface area contributed by atoms with E-state index in [0.29, 0.717) is 0 Å². The molecular weight excluding hydrogens is 308 g/mol. The van der Waals surface area contributed by atoms with Crippen molar-refractivity contribution in [1.82, 2.24) is 9.88 Å². The average Bonchev–Trinajstić information content (AvgIpc) is 3.26. The van der Waals surface area contributed by atoms with E-state index in [1.165, 1.54) is 27.6 Å². The minimum Gasteiger partial charge on any atom is -0.468 e. The van der Waals surface area contributed by atoms with Crippen LogP contribution in [0.15, 0.2) is 77.5 Å². The van der Waals surface area contributed by atoms with Crippen LogP contribution >= 0.6 is 0 Å². The van der Waals surface area contributed by atoms with Gasteiger partial charge in [0.2, 0.25) is 0 Å². The normalized spacial score (nSPS) is 11.2. The maximum Gasteiger partial charge on any atom is 0.117 e. The summed E-state index contributed by atoms with van der Waals surface area (Å²) in [6.45, 7) is 4.63. The molecule has 0 aliphatic carbocycles. The molecule has 0 unspecified atom stereocenters. The number of aryl methyl sites for hydroxylation is 1. The van der Waals surface area contributed by atoms with Crippen LogP contribution in [0.1, 0.15) is 22.5 Å². The third-order valence-electron chi connectivity index (χ3n) is 4.67. The lowest BCUT2D eigenvalue weighted by atomic mass is 10.1. The minimum absolute atomic E-state index is 0.740. The molecule has 0 amide bonds. The maximum absolute atomic E-state index is 5.39. The fourth-order valence-corrected chi connectivity index (χ4v) is 3.30. The highest BCUT2D eigenvalue weighted by Crippen LogP contribution is 2.23. The zero-order chi connectivity index (χ0) is 17.1. The van der Waals surface area contributed by atoms with Gasteiger partial charge >= 0.3 is 0 Å². The number of para-hydroxylation sites is 1. The summed E-state index contributed by atoms with van der Waals surface area (Å²) < 4.78 is 7.74. The zero-order valence-electron chi connectivity index (χ0n) is 14.4. The van der Waals surface area contributed by atoms with Crippen molar-refractivity contribution in [1.29, 1.82) is 0 Å². The highest BCUT2D eigenvalue weighted by molar-refractivity contribution is 5.84. The molecule has 1 N–H and O–H groups in total. The molecule has 0 aliphatic rings. The van der Waals surface area contributed by atoms with Crippen LogP contribution in [0.2, 0.25) is 0 Å². The average molecular weight is 330 g/mol. The Morgan fingerprint density at radius 2 is 1.72 bits per heavy atom. The van der Waals surface area contributed by atoms with Gasteiger partial charge in [-0.25, -0.2) is 0 Å². The Kier molecular flexibility index (Phi) is 4.40. The van der Waals surface area contributed by atoms with Crippen LogP contribution in [-0.2, 0) is 19.6 Å². The topological polar surface area (TPSA) is 30.1 Å². The van der Waals surface area contributed by atoms with Gasteiger partial charge in [0.1, 0.15) is 5.76 Å². The Labute approximate surface area is 147 Å². The first-order valence-electron chi connectivity index (χ1n) is 8.65. The van der Waals surface area contributed by atoms with Gasteiger partial charge in [-0.05, 0) is 41.8 Å². The number of nitrogens with one attached hydrogen (secondary N) is 1. The second-order valence-corrected chi connectivity index (χ2v) is 6.41. The lowest BCUT2D eigenvalue weighted by molar-refractivity contribution is 0.483. The second kappa shape index (κ2) is 6.99. The molecule has 0 atom stereocenters. The number of nitrogens with zero attached hydrogens (tertiary/aromatic N) is 1. The largest absolute Gasteiger partial charge is 0.468 e. The number of hydrogen-bond acceptors (Lipinski definition) is 2. The van der Waals surface area contributed by atoms with E-state index in [-0.39, 0.29) is 0 Å². The van der Waals surface area contributed by atoms with Crippen molar-refractivity contribution in [3.05, 3.63) is 95.6 Å². The molecule has 0 bridgehead atoms. The fourth-order valence-electron chi connectivity index (χ4n) is 3.30. The molecule has 2 aromatic heterocycles. The van der Waals surface area contributed by atoms with E-state index < -0.39 is 0 Å². The highest BCUT2D eigenvalue weighted by Gasteiger charge is 2.09. The van der Waals surface area contributed by atoms with Crippen molar-refractivity contribution in [2.45, 2.75) is 26.6 Å². The maximum atomic E-state index is 5.39. The molecule has 0 saturated carbocycles. The molecule has 2 heterocycles. The van der Waals surface area contributed by atoms with E-state index in [1.54, 1.807) is 6.26 Å². The summed E-state index contributed by atoms with van der Waals surface area (Å²) >= 11 is 0. The first-order chi connectivity index (χ1) is 12.3. The number of aromatic nitrogens is 1. The van der Waals surface area contributed by atoms with Crippen LogP contribution in [0.25, 0.3) is 10.9 Å². The molecule has 0 saturated heterocycles. The van der Waals surface area contributed by atoms with Crippen LogP contribution in [0.5, 0.6) is 0 Å². The predicted octanol–water partition coefficient (Wildman–Crippen LogP) is 4.88. The van der Waals surface area contributed by atoms with Gasteiger partial charge in [-0.2, -0.15) is 0 Å². The van der Waals surface area contributed by atoms with E-state index >= 15 is 0 Å². The number of fused-ring (bicyclic) bond motifs is 1. The van der Waals surface area contributed by atoms with Crippen molar-refractivity contribution in [3.8, 4) is 0 Å². The van der Waals surface area contributed by atoms with Gasteiger partial charge in [-0.1, -0.05) is 42.5 Å². The van der Waals surface area contributed by atoms with Crippen molar-refractivity contribution < 1.29 is 4.42 Å². The first kappa shape index (κ1) is 15.7. The minimum atomic E-state index is 0.740. The van der Waals surface area contributed by atoms with Crippen LogP contribution in [0.4, 0.5) is 0 Å². The molecule has 25 heavy (non-hydrogen) atoms. The van der Waals surface area contributed by atoms with Gasteiger partial charge in [0.15, 0.2) is 0 Å². The SMILES string of the molecule is Cc1ccccc1Cn1cc(CNCc2ccco2)c2ccccc21. The third-order valence-corrected chi connectivity index (χ3v) is 4.67. The Bertz CT molecular complexity index is 967. The van der Waals surface area contributed by atoms with Crippen LogP contribution in [-0.4, -0.2) is 4.57 Å². The molecule has 2 aromatic carbocycles. The Morgan fingerprint density at radius 3 is 2.56 bits per heavy atom. The summed E-state index contributed by atoms with van der Waals surface area (Å²) in [5.41, 5.74) is 5.28. The van der Waals surface area contributed by atoms with Gasteiger partial charge in [-0.15, -0.1) is 0 Å². The van der Waals surface area contributed by atoms with E-state index in [1.807, 2.05) is 12.1 Å². The van der Waals surface area contributed by atoms with E-state index in [9.17, 15) is 0 Å². The molecule has 0 fully saturated rings. The van der Waals surface area contributed by atoms with Crippen LogP contribution in [0, 0.1) is 6.92 Å². The lowest BCUT2D eigenvalue weighted by Gasteiger charge is -2.08. The predicted molar refractivity (Wildman–Crippen MR) is 101 cm³/mol. The number of furan rings is 1. The molecule has 4 aromatic rings. The molecule has 4 rings (SSSR count). The number of hydrogen-bond donors (Lipinski definition) is 1. The van der Waals surface area contributed by atoms with Gasteiger partial charge in [0.05, 0.1) is 12.8 Å². The Morgan fingerprint density at radius 1 is 0.880 bits per heavy atom. The summed E-state index contributed by atoms with van der Waals surface area (Å²) in [4.78, 5) is 0. The molecule has 3 nitrogen and oxygen atoms in total. The standard InChI is InChI=1S/C22H22N2O/c1-17-7-2-3-8-18(17)15-24-16-19(21-10-4-5-11-22(21)24)13-23-14-20-9-6-12-25-20/h2-12,16,23H,13-15H2,1H3. The molecule has 3 heteroatoms. The molecule has 126 valence electrons. The Hall–Kier alpha value is -2.78. The smallest absolute Gasteiger partial charge is 0.117 e. The van der Waals surface area contributed by atoms with E-state index in [4.69, 9.17) is 4.42 Å². The first-order valence-corrected chi connectivity index (χ1v) is 8.65. The molecule has 0 spiro atoms. The Balaban J connectivity index is 1.59.